The number of hydrazine groups is 1. The van der Waals surface area contributed by atoms with Crippen molar-refractivity contribution >= 4 is 11.6 Å². The molecule has 5 nitrogen and oxygen atoms in total. The summed E-state index contributed by atoms with van der Waals surface area (Å²) < 4.78 is 0. The molecule has 2 rings (SSSR count). The van der Waals surface area contributed by atoms with Gasteiger partial charge in [0.1, 0.15) is 18.0 Å². The molecule has 0 saturated heterocycles. The summed E-state index contributed by atoms with van der Waals surface area (Å²) in [5.74, 6) is 9.05. The molecule has 1 atom stereocenters. The monoisotopic (exact) mass is 249 g/mol. The number of nitrogens with zero attached hydrogens (tertiary/aromatic N) is 2. The summed E-state index contributed by atoms with van der Waals surface area (Å²) in [5, 5.41) is 3.44. The second-order valence-corrected chi connectivity index (χ2v) is 5.48. The molecule has 5 heteroatoms. The van der Waals surface area contributed by atoms with Crippen LogP contribution >= 0.6 is 0 Å². The van der Waals surface area contributed by atoms with E-state index in [1.807, 2.05) is 0 Å². The van der Waals surface area contributed by atoms with Gasteiger partial charge >= 0.3 is 0 Å². The van der Waals surface area contributed by atoms with Gasteiger partial charge in [-0.05, 0) is 30.6 Å². The van der Waals surface area contributed by atoms with Gasteiger partial charge < -0.3 is 10.7 Å². The highest BCUT2D eigenvalue weighted by molar-refractivity contribution is 5.58. The highest BCUT2D eigenvalue weighted by atomic mass is 15.3. The zero-order valence-corrected chi connectivity index (χ0v) is 11.4. The van der Waals surface area contributed by atoms with Crippen molar-refractivity contribution < 1.29 is 0 Å². The van der Waals surface area contributed by atoms with Crippen molar-refractivity contribution in [1.82, 2.24) is 9.97 Å². The average Bonchev–Trinajstić information content (AvgIpc) is 3.19. The van der Waals surface area contributed by atoms with Crippen LogP contribution in [0.3, 0.4) is 0 Å². The lowest BCUT2D eigenvalue weighted by molar-refractivity contribution is 0.535. The van der Waals surface area contributed by atoms with E-state index in [2.05, 4.69) is 41.5 Å². The molecular formula is C13H23N5. The Bertz CT molecular complexity index is 400. The topological polar surface area (TPSA) is 75.9 Å². The third kappa shape index (κ3) is 2.90. The number of nitrogens with two attached hydrogens (primary N) is 1. The van der Waals surface area contributed by atoms with Crippen LogP contribution in [-0.2, 0) is 0 Å². The molecular weight excluding hydrogens is 226 g/mol. The number of rotatable bonds is 6. The summed E-state index contributed by atoms with van der Waals surface area (Å²) in [6.07, 6.45) is 4.30. The Labute approximate surface area is 109 Å². The summed E-state index contributed by atoms with van der Waals surface area (Å²) >= 11 is 0. The molecule has 1 saturated carbocycles. The maximum absolute atomic E-state index is 5.50. The van der Waals surface area contributed by atoms with Crippen LogP contribution in [0.4, 0.5) is 11.6 Å². The molecule has 0 spiro atoms. The normalized spacial score (nSPS) is 16.7. The van der Waals surface area contributed by atoms with E-state index in [4.69, 9.17) is 5.84 Å². The number of nitrogen functional groups attached to an aromatic ring is 1. The quantitative estimate of drug-likeness (QED) is 0.533. The molecule has 1 fully saturated rings. The number of nitrogens with one attached hydrogen (secondary N) is 2. The smallest absolute Gasteiger partial charge is 0.148 e. The minimum Gasteiger partial charge on any atom is -0.369 e. The lowest BCUT2D eigenvalue weighted by Crippen LogP contribution is -2.18. The van der Waals surface area contributed by atoms with E-state index >= 15 is 0 Å². The van der Waals surface area contributed by atoms with E-state index in [1.165, 1.54) is 12.8 Å². The Morgan fingerprint density at radius 2 is 1.94 bits per heavy atom. The van der Waals surface area contributed by atoms with Crippen LogP contribution in [0.1, 0.15) is 45.1 Å². The predicted molar refractivity (Wildman–Crippen MR) is 74.3 cm³/mol. The first kappa shape index (κ1) is 13.1. The van der Waals surface area contributed by atoms with Crippen LogP contribution in [0.5, 0.6) is 0 Å². The molecule has 0 bridgehead atoms. The fraction of sp³-hybridized carbons (Fsp3) is 0.692. The Hall–Kier alpha value is -1.36. The highest BCUT2D eigenvalue weighted by Gasteiger charge is 2.27. The Morgan fingerprint density at radius 1 is 1.28 bits per heavy atom. The highest BCUT2D eigenvalue weighted by Crippen LogP contribution is 2.37. The van der Waals surface area contributed by atoms with E-state index in [9.17, 15) is 0 Å². The van der Waals surface area contributed by atoms with E-state index < -0.39 is 0 Å². The molecule has 0 amide bonds. The molecule has 0 aliphatic heterocycles. The maximum atomic E-state index is 5.50. The van der Waals surface area contributed by atoms with E-state index in [0.29, 0.717) is 17.7 Å². The SMILES string of the molecule is CC(C)c1c(NN)ncnc1NCC(C)C1CC1. The third-order valence-corrected chi connectivity index (χ3v) is 3.62. The average molecular weight is 249 g/mol. The van der Waals surface area contributed by atoms with Crippen molar-refractivity contribution in [3.05, 3.63) is 11.9 Å². The van der Waals surface area contributed by atoms with Crippen LogP contribution in [0, 0.1) is 11.8 Å². The maximum Gasteiger partial charge on any atom is 0.148 e. The molecule has 1 aromatic heterocycles. The minimum absolute atomic E-state index is 0.330. The first-order valence-corrected chi connectivity index (χ1v) is 6.68. The van der Waals surface area contributed by atoms with Crippen molar-refractivity contribution in [2.24, 2.45) is 17.7 Å². The standard InChI is InChI=1S/C13H23N5/c1-8(2)11-12(16-7-17-13(11)18-14)15-6-9(3)10-4-5-10/h7-10H,4-6,14H2,1-3H3,(H2,15,16,17,18). The van der Waals surface area contributed by atoms with Gasteiger partial charge in [-0.25, -0.2) is 15.8 Å². The van der Waals surface area contributed by atoms with Gasteiger partial charge in [0, 0.05) is 12.1 Å². The Kier molecular flexibility index (Phi) is 4.01. The molecule has 1 aliphatic carbocycles. The molecule has 100 valence electrons. The van der Waals surface area contributed by atoms with Gasteiger partial charge in [-0.1, -0.05) is 20.8 Å². The van der Waals surface area contributed by atoms with Gasteiger partial charge in [-0.3, -0.25) is 0 Å². The molecule has 1 unspecified atom stereocenters. The summed E-state index contributed by atoms with van der Waals surface area (Å²) in [5.41, 5.74) is 3.71. The summed E-state index contributed by atoms with van der Waals surface area (Å²) in [6.45, 7) is 7.50. The molecule has 0 aromatic carbocycles. The van der Waals surface area contributed by atoms with Crippen LogP contribution < -0.4 is 16.6 Å². The Morgan fingerprint density at radius 3 is 2.50 bits per heavy atom. The Balaban J connectivity index is 2.10. The second kappa shape index (κ2) is 5.52. The largest absolute Gasteiger partial charge is 0.369 e. The lowest BCUT2D eigenvalue weighted by atomic mass is 10.0. The van der Waals surface area contributed by atoms with Crippen LogP contribution in [-0.4, -0.2) is 16.5 Å². The van der Waals surface area contributed by atoms with Crippen molar-refractivity contribution in [3.63, 3.8) is 0 Å². The molecule has 0 radical (unpaired) electrons. The summed E-state index contributed by atoms with van der Waals surface area (Å²) in [4.78, 5) is 8.51. The van der Waals surface area contributed by atoms with Crippen LogP contribution in [0.15, 0.2) is 6.33 Å². The van der Waals surface area contributed by atoms with Crippen molar-refractivity contribution in [1.29, 1.82) is 0 Å². The first-order chi connectivity index (χ1) is 8.63. The molecule has 4 N–H and O–H groups in total. The zero-order chi connectivity index (χ0) is 13.1. The number of hydrogen-bond acceptors (Lipinski definition) is 5. The second-order valence-electron chi connectivity index (χ2n) is 5.48. The fourth-order valence-corrected chi connectivity index (χ4v) is 2.29. The van der Waals surface area contributed by atoms with Gasteiger partial charge in [-0.15, -0.1) is 0 Å². The summed E-state index contributed by atoms with van der Waals surface area (Å²) in [6, 6.07) is 0. The van der Waals surface area contributed by atoms with Crippen molar-refractivity contribution in [2.75, 3.05) is 17.3 Å². The number of hydrogen-bond donors (Lipinski definition) is 3. The van der Waals surface area contributed by atoms with Gasteiger partial charge in [0.15, 0.2) is 0 Å². The predicted octanol–water partition coefficient (Wildman–Crippen LogP) is 2.34. The zero-order valence-electron chi connectivity index (χ0n) is 11.4. The van der Waals surface area contributed by atoms with Crippen molar-refractivity contribution in [3.8, 4) is 0 Å². The van der Waals surface area contributed by atoms with E-state index in [0.717, 1.165) is 23.8 Å². The fourth-order valence-electron chi connectivity index (χ4n) is 2.29. The molecule has 1 aliphatic rings. The van der Waals surface area contributed by atoms with Crippen molar-refractivity contribution in [2.45, 2.75) is 39.5 Å². The lowest BCUT2D eigenvalue weighted by Gasteiger charge is -2.18. The van der Waals surface area contributed by atoms with Gasteiger partial charge in [0.05, 0.1) is 0 Å². The van der Waals surface area contributed by atoms with Gasteiger partial charge in [0.2, 0.25) is 0 Å². The van der Waals surface area contributed by atoms with Crippen LogP contribution in [0.25, 0.3) is 0 Å². The number of aromatic nitrogens is 2. The summed E-state index contributed by atoms with van der Waals surface area (Å²) in [7, 11) is 0. The van der Waals surface area contributed by atoms with Gasteiger partial charge in [-0.2, -0.15) is 0 Å². The molecule has 1 heterocycles. The molecule has 1 aromatic rings. The van der Waals surface area contributed by atoms with E-state index in [1.54, 1.807) is 6.33 Å². The first-order valence-electron chi connectivity index (χ1n) is 6.68. The number of anilines is 2. The van der Waals surface area contributed by atoms with Gasteiger partial charge in [0.25, 0.3) is 0 Å². The van der Waals surface area contributed by atoms with E-state index in [-0.39, 0.29) is 0 Å². The molecule has 18 heavy (non-hydrogen) atoms. The van der Waals surface area contributed by atoms with Crippen LogP contribution in [0.2, 0.25) is 0 Å². The third-order valence-electron chi connectivity index (χ3n) is 3.62. The minimum atomic E-state index is 0.330.